The van der Waals surface area contributed by atoms with Crippen LogP contribution >= 0.6 is 0 Å². The molecule has 0 spiro atoms. The third-order valence-electron chi connectivity index (χ3n) is 1.95. The first-order valence-corrected chi connectivity index (χ1v) is 5.08. The largest absolute Gasteiger partial charge is 0.394 e. The smallest absolute Gasteiger partial charge is 0.0633 e. The fourth-order valence-corrected chi connectivity index (χ4v) is 0.906. The number of rotatable bonds is 8. The topological polar surface area (TPSA) is 61.7 Å². The lowest BCUT2D eigenvalue weighted by Crippen LogP contribution is -2.50. The van der Waals surface area contributed by atoms with Gasteiger partial charge in [-0.25, -0.2) is 0 Å². The van der Waals surface area contributed by atoms with Gasteiger partial charge in [-0.3, -0.25) is 0 Å². The van der Waals surface area contributed by atoms with Crippen LogP contribution in [0.15, 0.2) is 0 Å². The standard InChI is InChI=1S/C10H23NO3/c1-9(2)6-14-5-4-11-10(3,7-12)8-13/h9,11-13H,4-8H2,1-3H3. The second-order valence-electron chi connectivity index (χ2n) is 4.27. The van der Waals surface area contributed by atoms with Crippen molar-refractivity contribution < 1.29 is 14.9 Å². The Hall–Kier alpha value is -0.160. The molecule has 0 aromatic heterocycles. The van der Waals surface area contributed by atoms with Gasteiger partial charge in [0.05, 0.1) is 25.4 Å². The highest BCUT2D eigenvalue weighted by atomic mass is 16.5. The average molecular weight is 205 g/mol. The van der Waals surface area contributed by atoms with E-state index in [2.05, 4.69) is 19.2 Å². The van der Waals surface area contributed by atoms with Gasteiger partial charge in [0.25, 0.3) is 0 Å². The predicted molar refractivity (Wildman–Crippen MR) is 56.2 cm³/mol. The van der Waals surface area contributed by atoms with E-state index in [9.17, 15) is 0 Å². The van der Waals surface area contributed by atoms with Crippen LogP contribution in [0.25, 0.3) is 0 Å². The maximum atomic E-state index is 8.97. The van der Waals surface area contributed by atoms with Crippen molar-refractivity contribution in [3.8, 4) is 0 Å². The molecule has 14 heavy (non-hydrogen) atoms. The van der Waals surface area contributed by atoms with E-state index < -0.39 is 5.54 Å². The van der Waals surface area contributed by atoms with Crippen molar-refractivity contribution in [1.29, 1.82) is 0 Å². The number of aliphatic hydroxyl groups is 2. The van der Waals surface area contributed by atoms with Crippen molar-refractivity contribution in [3.05, 3.63) is 0 Å². The second-order valence-corrected chi connectivity index (χ2v) is 4.27. The van der Waals surface area contributed by atoms with Crippen LogP contribution in [0.4, 0.5) is 0 Å². The molecule has 0 unspecified atom stereocenters. The van der Waals surface area contributed by atoms with Crippen LogP contribution in [0, 0.1) is 5.92 Å². The van der Waals surface area contributed by atoms with Gasteiger partial charge in [0.2, 0.25) is 0 Å². The van der Waals surface area contributed by atoms with Gasteiger partial charge in [0.15, 0.2) is 0 Å². The van der Waals surface area contributed by atoms with Crippen LogP contribution in [-0.4, -0.2) is 48.7 Å². The lowest BCUT2D eigenvalue weighted by molar-refractivity contribution is 0.0772. The lowest BCUT2D eigenvalue weighted by atomic mass is 10.1. The normalized spacial score (nSPS) is 12.4. The molecule has 0 radical (unpaired) electrons. The molecule has 0 amide bonds. The van der Waals surface area contributed by atoms with E-state index in [0.29, 0.717) is 19.1 Å². The third-order valence-corrected chi connectivity index (χ3v) is 1.95. The van der Waals surface area contributed by atoms with Crippen LogP contribution in [0.5, 0.6) is 0 Å². The summed E-state index contributed by atoms with van der Waals surface area (Å²) in [4.78, 5) is 0. The highest BCUT2D eigenvalue weighted by Gasteiger charge is 2.20. The summed E-state index contributed by atoms with van der Waals surface area (Å²) in [5, 5.41) is 21.0. The summed E-state index contributed by atoms with van der Waals surface area (Å²) < 4.78 is 5.35. The summed E-state index contributed by atoms with van der Waals surface area (Å²) in [6.07, 6.45) is 0. The van der Waals surface area contributed by atoms with Crippen molar-refractivity contribution >= 4 is 0 Å². The Morgan fingerprint density at radius 1 is 1.29 bits per heavy atom. The molecule has 0 heterocycles. The first kappa shape index (κ1) is 13.8. The molecular weight excluding hydrogens is 182 g/mol. The van der Waals surface area contributed by atoms with Gasteiger partial charge < -0.3 is 20.3 Å². The zero-order valence-electron chi connectivity index (χ0n) is 9.42. The van der Waals surface area contributed by atoms with Crippen molar-refractivity contribution in [3.63, 3.8) is 0 Å². The molecule has 0 aliphatic carbocycles. The Kier molecular flexibility index (Phi) is 7.09. The highest BCUT2D eigenvalue weighted by molar-refractivity contribution is 4.80. The van der Waals surface area contributed by atoms with E-state index in [-0.39, 0.29) is 13.2 Å². The van der Waals surface area contributed by atoms with Crippen molar-refractivity contribution in [2.75, 3.05) is 33.0 Å². The molecule has 0 rings (SSSR count). The van der Waals surface area contributed by atoms with Gasteiger partial charge in [-0.15, -0.1) is 0 Å². The van der Waals surface area contributed by atoms with Gasteiger partial charge in [-0.05, 0) is 12.8 Å². The molecule has 3 N–H and O–H groups in total. The molecule has 0 saturated carbocycles. The Morgan fingerprint density at radius 2 is 1.86 bits per heavy atom. The number of nitrogens with one attached hydrogen (secondary N) is 1. The molecule has 0 saturated heterocycles. The van der Waals surface area contributed by atoms with Crippen molar-refractivity contribution in [2.24, 2.45) is 5.92 Å². The van der Waals surface area contributed by atoms with E-state index in [1.165, 1.54) is 0 Å². The molecule has 86 valence electrons. The number of ether oxygens (including phenoxy) is 1. The minimum absolute atomic E-state index is 0.0757. The summed E-state index contributed by atoms with van der Waals surface area (Å²) in [6, 6.07) is 0. The number of hydrogen-bond donors (Lipinski definition) is 3. The van der Waals surface area contributed by atoms with E-state index in [1.807, 2.05) is 0 Å². The summed E-state index contributed by atoms with van der Waals surface area (Å²) >= 11 is 0. The summed E-state index contributed by atoms with van der Waals surface area (Å²) in [7, 11) is 0. The molecule has 0 aromatic carbocycles. The van der Waals surface area contributed by atoms with Crippen molar-refractivity contribution in [1.82, 2.24) is 5.32 Å². The third kappa shape index (κ3) is 6.32. The fraction of sp³-hybridized carbons (Fsp3) is 1.00. The van der Waals surface area contributed by atoms with Crippen molar-refractivity contribution in [2.45, 2.75) is 26.3 Å². The average Bonchev–Trinajstić information content (AvgIpc) is 2.16. The van der Waals surface area contributed by atoms with Gasteiger partial charge in [-0.1, -0.05) is 13.8 Å². The molecule has 0 aliphatic rings. The molecule has 0 aliphatic heterocycles. The molecule has 0 fully saturated rings. The minimum Gasteiger partial charge on any atom is -0.394 e. The van der Waals surface area contributed by atoms with E-state index >= 15 is 0 Å². The molecule has 0 aromatic rings. The number of aliphatic hydroxyl groups excluding tert-OH is 2. The minimum atomic E-state index is -0.596. The summed E-state index contributed by atoms with van der Waals surface area (Å²) in [5.41, 5.74) is -0.596. The Balaban J connectivity index is 3.43. The van der Waals surface area contributed by atoms with E-state index in [0.717, 1.165) is 6.61 Å². The lowest BCUT2D eigenvalue weighted by Gasteiger charge is -2.26. The molecule has 4 heteroatoms. The SMILES string of the molecule is CC(C)COCCNC(C)(CO)CO. The van der Waals surface area contributed by atoms with Gasteiger partial charge in [0, 0.05) is 13.2 Å². The molecule has 4 nitrogen and oxygen atoms in total. The Bertz CT molecular complexity index is 135. The van der Waals surface area contributed by atoms with Gasteiger partial charge in [-0.2, -0.15) is 0 Å². The van der Waals surface area contributed by atoms with E-state index in [1.54, 1.807) is 6.92 Å². The number of hydrogen-bond acceptors (Lipinski definition) is 4. The zero-order chi connectivity index (χ0) is 11.0. The second kappa shape index (κ2) is 7.17. The molecule has 0 bridgehead atoms. The van der Waals surface area contributed by atoms with Crippen LogP contribution in [0.1, 0.15) is 20.8 Å². The maximum Gasteiger partial charge on any atom is 0.0633 e. The van der Waals surface area contributed by atoms with Gasteiger partial charge in [0.1, 0.15) is 0 Å². The predicted octanol–water partition coefficient (Wildman–Crippen LogP) is -0.00810. The molecular formula is C10H23NO3. The van der Waals surface area contributed by atoms with Crippen LogP contribution < -0.4 is 5.32 Å². The Morgan fingerprint density at radius 3 is 2.29 bits per heavy atom. The maximum absolute atomic E-state index is 8.97. The first-order valence-electron chi connectivity index (χ1n) is 5.08. The first-order chi connectivity index (χ1) is 6.54. The Labute approximate surface area is 86.3 Å². The highest BCUT2D eigenvalue weighted by Crippen LogP contribution is 1.99. The van der Waals surface area contributed by atoms with Crippen LogP contribution in [-0.2, 0) is 4.74 Å². The summed E-state index contributed by atoms with van der Waals surface area (Å²) in [6.45, 7) is 7.81. The van der Waals surface area contributed by atoms with E-state index in [4.69, 9.17) is 14.9 Å². The van der Waals surface area contributed by atoms with Crippen LogP contribution in [0.2, 0.25) is 0 Å². The quantitative estimate of drug-likeness (QED) is 0.488. The van der Waals surface area contributed by atoms with Gasteiger partial charge >= 0.3 is 0 Å². The summed E-state index contributed by atoms with van der Waals surface area (Å²) in [5.74, 6) is 0.539. The monoisotopic (exact) mass is 205 g/mol. The fourth-order valence-electron chi connectivity index (χ4n) is 0.906. The molecule has 0 atom stereocenters. The zero-order valence-corrected chi connectivity index (χ0v) is 9.42. The van der Waals surface area contributed by atoms with Crippen LogP contribution in [0.3, 0.4) is 0 Å².